The number of rotatable bonds is 11. The molecule has 1 aliphatic rings. The number of benzene rings is 1. The number of aliphatic carboxylic acids is 1. The average Bonchev–Trinajstić information content (AvgIpc) is 3.11. The minimum Gasteiger partial charge on any atom is -0.496 e. The highest BCUT2D eigenvalue weighted by Crippen LogP contribution is 2.35. The van der Waals surface area contributed by atoms with Crippen LogP contribution in [0.15, 0.2) is 17.5 Å². The molecule has 0 saturated heterocycles. The molecule has 30 heavy (non-hydrogen) atoms. The van der Waals surface area contributed by atoms with Gasteiger partial charge in [0.2, 0.25) is 0 Å². The zero-order chi connectivity index (χ0) is 21.7. The Bertz CT molecular complexity index is 838. The summed E-state index contributed by atoms with van der Waals surface area (Å²) in [5.41, 5.74) is 2.03. The van der Waals surface area contributed by atoms with Gasteiger partial charge in [0.15, 0.2) is 0 Å². The van der Waals surface area contributed by atoms with Crippen LogP contribution >= 0.6 is 11.3 Å². The van der Waals surface area contributed by atoms with Crippen molar-refractivity contribution < 1.29 is 29.2 Å². The largest absolute Gasteiger partial charge is 0.496 e. The van der Waals surface area contributed by atoms with Crippen molar-refractivity contribution in [3.8, 4) is 11.5 Å². The van der Waals surface area contributed by atoms with Crippen LogP contribution in [0.4, 0.5) is 0 Å². The maximum atomic E-state index is 11.2. The molecule has 1 aromatic heterocycles. The third kappa shape index (κ3) is 5.50. The van der Waals surface area contributed by atoms with E-state index in [1.54, 1.807) is 31.7 Å². The molecule has 1 saturated carbocycles. The van der Waals surface area contributed by atoms with Gasteiger partial charge in [0, 0.05) is 24.0 Å². The van der Waals surface area contributed by atoms with Crippen molar-refractivity contribution in [3.63, 3.8) is 0 Å². The molecule has 1 heterocycles. The number of aromatic nitrogens is 1. The highest BCUT2D eigenvalue weighted by Gasteiger charge is 2.28. The first-order valence-electron chi connectivity index (χ1n) is 10.1. The summed E-state index contributed by atoms with van der Waals surface area (Å²) in [4.78, 5) is 15.3. The fourth-order valence-corrected chi connectivity index (χ4v) is 4.36. The van der Waals surface area contributed by atoms with Crippen molar-refractivity contribution in [2.75, 3.05) is 20.8 Å². The zero-order valence-electron chi connectivity index (χ0n) is 17.6. The molecule has 2 unspecified atom stereocenters. The lowest BCUT2D eigenvalue weighted by Gasteiger charge is -2.30. The van der Waals surface area contributed by atoms with Crippen molar-refractivity contribution in [1.82, 2.24) is 4.98 Å². The van der Waals surface area contributed by atoms with Crippen LogP contribution < -0.4 is 9.47 Å². The highest BCUT2D eigenvalue weighted by atomic mass is 32.1. The van der Waals surface area contributed by atoms with Crippen LogP contribution in [0.3, 0.4) is 0 Å². The number of methoxy groups -OCH3 is 2. The highest BCUT2D eigenvalue weighted by molar-refractivity contribution is 7.09. The Morgan fingerprint density at radius 3 is 2.47 bits per heavy atom. The van der Waals surface area contributed by atoms with Crippen molar-refractivity contribution >= 4 is 17.3 Å². The number of nitrogens with zero attached hydrogens (tertiary/aromatic N) is 1. The van der Waals surface area contributed by atoms with E-state index in [9.17, 15) is 9.90 Å². The lowest BCUT2D eigenvalue weighted by atomic mass is 9.86. The Morgan fingerprint density at radius 1 is 1.27 bits per heavy atom. The van der Waals surface area contributed by atoms with Crippen LogP contribution in [0.25, 0.3) is 0 Å². The standard InChI is InChI=1S/C22H29NO6S/c1-13-17(27-2)7-15(8-18(13)28-3)22(26)19(29-11-14-5-4-6-14)10-20-23-16(12-30-20)9-21(24)25/h7-8,12,14,19,22,26H,4-6,9-11H2,1-3H3,(H,24,25). The average molecular weight is 436 g/mol. The van der Waals surface area contributed by atoms with E-state index in [-0.39, 0.29) is 6.42 Å². The fourth-order valence-electron chi connectivity index (χ4n) is 3.52. The van der Waals surface area contributed by atoms with Crippen molar-refractivity contribution in [2.24, 2.45) is 5.92 Å². The first-order valence-corrected chi connectivity index (χ1v) is 11.0. The number of aliphatic hydroxyl groups excluding tert-OH is 1. The predicted octanol–water partition coefficient (Wildman–Crippen LogP) is 3.56. The lowest BCUT2D eigenvalue weighted by molar-refractivity contribution is -0.136. The quantitative estimate of drug-likeness (QED) is 0.557. The number of aliphatic hydroxyl groups is 1. The van der Waals surface area contributed by atoms with E-state index < -0.39 is 18.2 Å². The number of carboxylic acid groups (broad SMARTS) is 1. The maximum absolute atomic E-state index is 11.2. The van der Waals surface area contributed by atoms with Gasteiger partial charge in [0.05, 0.1) is 37.4 Å². The summed E-state index contributed by atoms with van der Waals surface area (Å²) >= 11 is 1.39. The minimum atomic E-state index is -0.913. The maximum Gasteiger partial charge on any atom is 0.309 e. The van der Waals surface area contributed by atoms with Gasteiger partial charge in [-0.3, -0.25) is 4.79 Å². The Labute approximate surface area is 180 Å². The molecular formula is C22H29NO6S. The van der Waals surface area contributed by atoms with Crippen LogP contribution in [-0.2, 0) is 22.4 Å². The molecule has 0 amide bonds. The number of hydrogen-bond donors (Lipinski definition) is 2. The Hall–Kier alpha value is -2.16. The molecule has 1 aromatic carbocycles. The molecule has 2 N–H and O–H groups in total. The van der Waals surface area contributed by atoms with Crippen LogP contribution in [0.2, 0.25) is 0 Å². The van der Waals surface area contributed by atoms with E-state index in [4.69, 9.17) is 19.3 Å². The summed E-state index contributed by atoms with van der Waals surface area (Å²) in [7, 11) is 3.17. The van der Waals surface area contributed by atoms with Gasteiger partial charge in [0.1, 0.15) is 17.6 Å². The van der Waals surface area contributed by atoms with Gasteiger partial charge >= 0.3 is 5.97 Å². The van der Waals surface area contributed by atoms with E-state index in [2.05, 4.69) is 4.98 Å². The number of ether oxygens (including phenoxy) is 3. The summed E-state index contributed by atoms with van der Waals surface area (Å²) in [6.07, 6.45) is 2.39. The third-order valence-electron chi connectivity index (χ3n) is 5.55. The van der Waals surface area contributed by atoms with Crippen LogP contribution in [0, 0.1) is 12.8 Å². The normalized spacial score (nSPS) is 16.0. The number of thiazole rings is 1. The summed E-state index contributed by atoms with van der Waals surface area (Å²) in [6.45, 7) is 2.49. The third-order valence-corrected chi connectivity index (χ3v) is 6.47. The summed E-state index contributed by atoms with van der Waals surface area (Å²) < 4.78 is 17.0. The van der Waals surface area contributed by atoms with Crippen LogP contribution in [-0.4, -0.2) is 48.1 Å². The molecule has 164 valence electrons. The van der Waals surface area contributed by atoms with Gasteiger partial charge in [0.25, 0.3) is 0 Å². The molecule has 1 aliphatic carbocycles. The topological polar surface area (TPSA) is 98.1 Å². The van der Waals surface area contributed by atoms with E-state index >= 15 is 0 Å². The number of hydrogen-bond acceptors (Lipinski definition) is 7. The summed E-state index contributed by atoms with van der Waals surface area (Å²) in [5.74, 6) is 0.891. The molecule has 2 aromatic rings. The molecule has 2 atom stereocenters. The molecule has 0 spiro atoms. The van der Waals surface area contributed by atoms with Crippen molar-refractivity contribution in [1.29, 1.82) is 0 Å². The van der Waals surface area contributed by atoms with E-state index in [0.29, 0.717) is 41.7 Å². The van der Waals surface area contributed by atoms with Crippen molar-refractivity contribution in [3.05, 3.63) is 39.3 Å². The first-order chi connectivity index (χ1) is 14.4. The van der Waals surface area contributed by atoms with Gasteiger partial charge in [-0.1, -0.05) is 6.42 Å². The van der Waals surface area contributed by atoms with Crippen LogP contribution in [0.5, 0.6) is 11.5 Å². The molecule has 1 fully saturated rings. The smallest absolute Gasteiger partial charge is 0.309 e. The van der Waals surface area contributed by atoms with E-state index in [0.717, 1.165) is 23.4 Å². The molecule has 7 nitrogen and oxygen atoms in total. The molecule has 8 heteroatoms. The summed E-state index contributed by atoms with van der Waals surface area (Å²) in [5, 5.41) is 22.6. The van der Waals surface area contributed by atoms with E-state index in [1.807, 2.05) is 6.92 Å². The second kappa shape index (κ2) is 10.2. The van der Waals surface area contributed by atoms with Gasteiger partial charge in [-0.15, -0.1) is 11.3 Å². The fraction of sp³-hybridized carbons (Fsp3) is 0.545. The van der Waals surface area contributed by atoms with Crippen LogP contribution in [0.1, 0.15) is 47.2 Å². The minimum absolute atomic E-state index is 0.112. The first kappa shape index (κ1) is 22.5. The van der Waals surface area contributed by atoms with Gasteiger partial charge in [-0.05, 0) is 43.4 Å². The number of carbonyl (C=O) groups is 1. The van der Waals surface area contributed by atoms with Gasteiger partial charge < -0.3 is 24.4 Å². The molecule has 0 radical (unpaired) electrons. The molecule has 3 rings (SSSR count). The summed E-state index contributed by atoms with van der Waals surface area (Å²) in [6, 6.07) is 3.61. The van der Waals surface area contributed by atoms with Gasteiger partial charge in [-0.2, -0.15) is 0 Å². The predicted molar refractivity (Wildman–Crippen MR) is 113 cm³/mol. The molecular weight excluding hydrogens is 406 g/mol. The zero-order valence-corrected chi connectivity index (χ0v) is 18.4. The Balaban J connectivity index is 1.81. The SMILES string of the molecule is COc1cc(C(O)C(Cc2nc(CC(=O)O)cs2)OCC2CCC2)cc(OC)c1C. The Morgan fingerprint density at radius 2 is 1.93 bits per heavy atom. The monoisotopic (exact) mass is 435 g/mol. The molecule has 0 aliphatic heterocycles. The van der Waals surface area contributed by atoms with Crippen molar-refractivity contribution in [2.45, 2.75) is 51.2 Å². The number of carboxylic acids is 1. The second-order valence-corrected chi connectivity index (χ2v) is 8.61. The van der Waals surface area contributed by atoms with E-state index in [1.165, 1.54) is 17.8 Å². The lowest BCUT2D eigenvalue weighted by Crippen LogP contribution is -2.29. The molecule has 0 bridgehead atoms. The van der Waals surface area contributed by atoms with Gasteiger partial charge in [-0.25, -0.2) is 4.98 Å². The Kier molecular flexibility index (Phi) is 7.69. The second-order valence-electron chi connectivity index (χ2n) is 7.67.